The van der Waals surface area contributed by atoms with E-state index in [4.69, 9.17) is 0 Å². The Morgan fingerprint density at radius 2 is 1.78 bits per heavy atom. The Morgan fingerprint density at radius 3 is 2.43 bits per heavy atom. The Bertz CT molecular complexity index is 893. The maximum absolute atomic E-state index is 13.1. The van der Waals surface area contributed by atoms with Gasteiger partial charge in [0.05, 0.1) is 11.9 Å². The van der Waals surface area contributed by atoms with Crippen molar-refractivity contribution in [2.24, 2.45) is 10.1 Å². The highest BCUT2D eigenvalue weighted by Crippen LogP contribution is 2.20. The van der Waals surface area contributed by atoms with Crippen molar-refractivity contribution in [3.05, 3.63) is 74.6 Å². The summed E-state index contributed by atoms with van der Waals surface area (Å²) in [5, 5.41) is 6.50. The molecule has 0 aliphatic rings. The van der Waals surface area contributed by atoms with Crippen LogP contribution in [0.5, 0.6) is 0 Å². The van der Waals surface area contributed by atoms with Crippen molar-refractivity contribution in [2.45, 2.75) is 0 Å². The summed E-state index contributed by atoms with van der Waals surface area (Å²) < 4.78 is 15.9. The van der Waals surface area contributed by atoms with Crippen LogP contribution in [0, 0.1) is 5.82 Å². The highest BCUT2D eigenvalue weighted by molar-refractivity contribution is 9.10. The quantitative estimate of drug-likeness (QED) is 0.589. The molecule has 3 rings (SSSR count). The van der Waals surface area contributed by atoms with Crippen LogP contribution in [0.2, 0.25) is 0 Å². The molecule has 23 heavy (non-hydrogen) atoms. The first-order chi connectivity index (χ1) is 11.2. The van der Waals surface area contributed by atoms with Crippen molar-refractivity contribution in [2.75, 3.05) is 7.05 Å². The zero-order valence-corrected chi connectivity index (χ0v) is 14.7. The van der Waals surface area contributed by atoms with Crippen LogP contribution in [0.1, 0.15) is 5.56 Å². The zero-order valence-electron chi connectivity index (χ0n) is 12.3. The predicted octanol–water partition coefficient (Wildman–Crippen LogP) is 4.53. The van der Waals surface area contributed by atoms with Crippen molar-refractivity contribution >= 4 is 33.5 Å². The van der Waals surface area contributed by atoms with E-state index in [1.807, 2.05) is 29.6 Å². The van der Waals surface area contributed by atoms with E-state index in [9.17, 15) is 4.39 Å². The van der Waals surface area contributed by atoms with Gasteiger partial charge in [-0.15, -0.1) is 11.3 Å². The summed E-state index contributed by atoms with van der Waals surface area (Å²) in [4.78, 5) is 5.02. The minimum absolute atomic E-state index is 0.255. The van der Waals surface area contributed by atoms with Gasteiger partial charge in [0.1, 0.15) is 5.82 Å². The minimum atomic E-state index is -0.255. The number of rotatable bonds is 3. The number of halogens is 2. The maximum Gasteiger partial charge on any atom is 0.205 e. The van der Waals surface area contributed by atoms with E-state index >= 15 is 0 Å². The normalized spacial score (nSPS) is 12.2. The second kappa shape index (κ2) is 7.02. The lowest BCUT2D eigenvalue weighted by molar-refractivity contribution is 0.628. The first-order valence-electron chi connectivity index (χ1n) is 6.86. The fourth-order valence-corrected chi connectivity index (χ4v) is 3.12. The van der Waals surface area contributed by atoms with Gasteiger partial charge in [-0.05, 0) is 42.0 Å². The van der Waals surface area contributed by atoms with Crippen molar-refractivity contribution in [1.82, 2.24) is 4.68 Å². The molecule has 3 aromatic rings. The molecule has 0 spiro atoms. The lowest BCUT2D eigenvalue weighted by atomic mass is 10.2. The summed E-state index contributed by atoms with van der Waals surface area (Å²) in [5.74, 6) is -0.255. The molecule has 2 aromatic carbocycles. The van der Waals surface area contributed by atoms with Crippen LogP contribution in [-0.2, 0) is 0 Å². The molecule has 0 bridgehead atoms. The Kier molecular flexibility index (Phi) is 4.83. The average molecular weight is 390 g/mol. The molecular formula is C17H13BrFN3S. The lowest BCUT2D eigenvalue weighted by Gasteiger charge is -2.03. The summed E-state index contributed by atoms with van der Waals surface area (Å²) in [5.41, 5.74) is 2.76. The number of hydrogen-bond donors (Lipinski definition) is 0. The van der Waals surface area contributed by atoms with E-state index in [1.165, 1.54) is 23.5 Å². The zero-order chi connectivity index (χ0) is 16.2. The molecule has 0 radical (unpaired) electrons. The molecule has 0 N–H and O–H groups in total. The van der Waals surface area contributed by atoms with E-state index in [2.05, 4.69) is 26.0 Å². The number of nitrogens with zero attached hydrogens (tertiary/aromatic N) is 3. The standard InChI is InChI=1S/C17H13BrFN3S/c1-20-17-22(21-10-12-2-6-14(18)7-3-12)16(11-23-17)13-4-8-15(19)9-5-13/h2-11H,1H3. The molecule has 0 fully saturated rings. The first-order valence-corrected chi connectivity index (χ1v) is 8.54. The highest BCUT2D eigenvalue weighted by Gasteiger charge is 2.07. The average Bonchev–Trinajstić information content (AvgIpc) is 2.98. The minimum Gasteiger partial charge on any atom is -0.261 e. The largest absolute Gasteiger partial charge is 0.261 e. The van der Waals surface area contributed by atoms with Gasteiger partial charge >= 0.3 is 0 Å². The van der Waals surface area contributed by atoms with Gasteiger partial charge < -0.3 is 0 Å². The van der Waals surface area contributed by atoms with Crippen molar-refractivity contribution in [3.63, 3.8) is 0 Å². The molecule has 116 valence electrons. The summed E-state index contributed by atoms with van der Waals surface area (Å²) in [7, 11) is 1.73. The maximum atomic E-state index is 13.1. The Hall–Kier alpha value is -2.05. The van der Waals surface area contributed by atoms with Crippen LogP contribution < -0.4 is 4.80 Å². The molecule has 0 unspecified atom stereocenters. The third-order valence-corrected chi connectivity index (χ3v) is 4.65. The molecule has 0 saturated carbocycles. The van der Waals surface area contributed by atoms with Gasteiger partial charge in [0.2, 0.25) is 4.80 Å². The molecular weight excluding hydrogens is 377 g/mol. The van der Waals surface area contributed by atoms with Crippen LogP contribution in [0.3, 0.4) is 0 Å². The summed E-state index contributed by atoms with van der Waals surface area (Å²) >= 11 is 4.91. The predicted molar refractivity (Wildman–Crippen MR) is 96.3 cm³/mol. The smallest absolute Gasteiger partial charge is 0.205 e. The van der Waals surface area contributed by atoms with Gasteiger partial charge in [-0.25, -0.2) is 9.07 Å². The second-order valence-electron chi connectivity index (χ2n) is 4.74. The SMILES string of the molecule is CN=c1scc(-c2ccc(F)cc2)n1N=Cc1ccc(Br)cc1. The van der Waals surface area contributed by atoms with Gasteiger partial charge in [-0.2, -0.15) is 5.10 Å². The lowest BCUT2D eigenvalue weighted by Crippen LogP contribution is -2.11. The van der Waals surface area contributed by atoms with Crippen molar-refractivity contribution in [1.29, 1.82) is 0 Å². The number of thiazole rings is 1. The van der Waals surface area contributed by atoms with Crippen LogP contribution in [0.25, 0.3) is 11.3 Å². The molecule has 3 nitrogen and oxygen atoms in total. The number of aromatic nitrogens is 1. The van der Waals surface area contributed by atoms with E-state index in [0.29, 0.717) is 0 Å². The first kappa shape index (κ1) is 15.8. The third kappa shape index (κ3) is 3.65. The van der Waals surface area contributed by atoms with Crippen molar-refractivity contribution < 1.29 is 4.39 Å². The summed E-state index contributed by atoms with van der Waals surface area (Å²) in [6, 6.07) is 14.2. The molecule has 1 aromatic heterocycles. The van der Waals surface area contributed by atoms with Crippen LogP contribution in [0.4, 0.5) is 4.39 Å². The van der Waals surface area contributed by atoms with Gasteiger partial charge in [0.15, 0.2) is 0 Å². The van der Waals surface area contributed by atoms with Crippen molar-refractivity contribution in [3.8, 4) is 11.3 Å². The molecule has 6 heteroatoms. The fourth-order valence-electron chi connectivity index (χ4n) is 2.05. The second-order valence-corrected chi connectivity index (χ2v) is 6.49. The number of hydrogen-bond acceptors (Lipinski definition) is 3. The monoisotopic (exact) mass is 389 g/mol. The van der Waals surface area contributed by atoms with Crippen LogP contribution >= 0.6 is 27.3 Å². The molecule has 0 aliphatic carbocycles. The number of benzene rings is 2. The summed E-state index contributed by atoms with van der Waals surface area (Å²) in [6.07, 6.45) is 1.78. The van der Waals surface area contributed by atoms with Crippen LogP contribution in [-0.4, -0.2) is 17.9 Å². The van der Waals surface area contributed by atoms with E-state index in [1.54, 1.807) is 30.1 Å². The van der Waals surface area contributed by atoms with Gasteiger partial charge in [-0.1, -0.05) is 28.1 Å². The van der Waals surface area contributed by atoms with E-state index in [0.717, 1.165) is 26.1 Å². The van der Waals surface area contributed by atoms with Gasteiger partial charge in [0.25, 0.3) is 0 Å². The molecule has 0 aliphatic heterocycles. The molecule has 0 amide bonds. The van der Waals surface area contributed by atoms with E-state index < -0.39 is 0 Å². The molecule has 0 atom stereocenters. The fraction of sp³-hybridized carbons (Fsp3) is 0.0588. The molecule has 0 saturated heterocycles. The molecule has 1 heterocycles. The Morgan fingerprint density at radius 1 is 1.09 bits per heavy atom. The van der Waals surface area contributed by atoms with E-state index in [-0.39, 0.29) is 5.82 Å². The van der Waals surface area contributed by atoms with Gasteiger partial charge in [-0.3, -0.25) is 4.99 Å². The topological polar surface area (TPSA) is 29.6 Å². The third-order valence-electron chi connectivity index (χ3n) is 3.21. The Balaban J connectivity index is 2.02. The van der Waals surface area contributed by atoms with Gasteiger partial charge in [0, 0.05) is 22.5 Å². The Labute approximate surface area is 145 Å². The van der Waals surface area contributed by atoms with Crippen LogP contribution in [0.15, 0.2) is 68.5 Å². The highest BCUT2D eigenvalue weighted by atomic mass is 79.9. The summed E-state index contributed by atoms with van der Waals surface area (Å²) in [6.45, 7) is 0.